The predicted octanol–water partition coefficient (Wildman–Crippen LogP) is 4.42. The van der Waals surface area contributed by atoms with Crippen LogP contribution in [0, 0.1) is 11.6 Å². The molecule has 5 nitrogen and oxygen atoms in total. The molecule has 0 spiro atoms. The van der Waals surface area contributed by atoms with E-state index in [2.05, 4.69) is 25.3 Å². The summed E-state index contributed by atoms with van der Waals surface area (Å²) in [6.45, 7) is 0.225. The number of halogens is 2. The molecule has 0 aliphatic rings. The van der Waals surface area contributed by atoms with E-state index >= 15 is 0 Å². The van der Waals surface area contributed by atoms with Crippen LogP contribution in [0.15, 0.2) is 67.0 Å². The van der Waals surface area contributed by atoms with Crippen molar-refractivity contribution in [3.05, 3.63) is 84.4 Å². The molecule has 27 heavy (non-hydrogen) atoms. The van der Waals surface area contributed by atoms with Crippen molar-refractivity contribution in [3.63, 3.8) is 0 Å². The van der Waals surface area contributed by atoms with E-state index in [9.17, 15) is 8.78 Å². The van der Waals surface area contributed by atoms with Gasteiger partial charge in [0.2, 0.25) is 0 Å². The molecule has 4 rings (SSSR count). The second kappa shape index (κ2) is 7.33. The Morgan fingerprint density at radius 1 is 0.926 bits per heavy atom. The van der Waals surface area contributed by atoms with Crippen molar-refractivity contribution in [1.29, 1.82) is 0 Å². The summed E-state index contributed by atoms with van der Waals surface area (Å²) < 4.78 is 27.4. The van der Waals surface area contributed by atoms with Gasteiger partial charge in [-0.1, -0.05) is 18.2 Å². The molecule has 0 radical (unpaired) electrons. The molecule has 0 amide bonds. The Morgan fingerprint density at radius 2 is 1.81 bits per heavy atom. The zero-order chi connectivity index (χ0) is 18.6. The fourth-order valence-electron chi connectivity index (χ4n) is 2.73. The van der Waals surface area contributed by atoms with Gasteiger partial charge in [0, 0.05) is 18.0 Å². The van der Waals surface area contributed by atoms with E-state index in [-0.39, 0.29) is 18.2 Å². The molecule has 4 aromatic rings. The lowest BCUT2D eigenvalue weighted by atomic mass is 10.1. The van der Waals surface area contributed by atoms with E-state index in [0.29, 0.717) is 28.5 Å². The Bertz CT molecular complexity index is 1060. The number of aromatic nitrogens is 4. The molecule has 0 bridgehead atoms. The lowest BCUT2D eigenvalue weighted by Gasteiger charge is -2.03. The zero-order valence-electron chi connectivity index (χ0n) is 14.2. The molecule has 7 heteroatoms. The molecule has 3 heterocycles. The molecule has 0 aliphatic heterocycles. The maximum Gasteiger partial charge on any atom is 0.165 e. The number of H-pyrrole nitrogens is 1. The van der Waals surface area contributed by atoms with E-state index in [0.717, 1.165) is 0 Å². The van der Waals surface area contributed by atoms with Crippen LogP contribution >= 0.6 is 0 Å². The molecule has 0 saturated heterocycles. The second-order valence-corrected chi connectivity index (χ2v) is 5.82. The SMILES string of the molecule is Fc1cccc(-c2nc(CNc3ncccc3F)[nH]c2-c2ccccn2)c1. The third kappa shape index (κ3) is 3.67. The second-order valence-electron chi connectivity index (χ2n) is 5.82. The van der Waals surface area contributed by atoms with Crippen molar-refractivity contribution in [2.24, 2.45) is 0 Å². The predicted molar refractivity (Wildman–Crippen MR) is 98.7 cm³/mol. The summed E-state index contributed by atoms with van der Waals surface area (Å²) >= 11 is 0. The maximum absolute atomic E-state index is 13.7. The van der Waals surface area contributed by atoms with Gasteiger partial charge in [-0.25, -0.2) is 18.7 Å². The number of aromatic amines is 1. The highest BCUT2D eigenvalue weighted by Crippen LogP contribution is 2.29. The summed E-state index contributed by atoms with van der Waals surface area (Å²) in [5, 5.41) is 2.91. The van der Waals surface area contributed by atoms with Gasteiger partial charge in [-0.15, -0.1) is 0 Å². The van der Waals surface area contributed by atoms with Gasteiger partial charge in [-0.05, 0) is 36.4 Å². The minimum Gasteiger partial charge on any atom is -0.360 e. The van der Waals surface area contributed by atoms with Crippen LogP contribution in [0.5, 0.6) is 0 Å². The number of nitrogens with one attached hydrogen (secondary N) is 2. The molecule has 0 aliphatic carbocycles. The third-order valence-corrected chi connectivity index (χ3v) is 3.95. The number of anilines is 1. The number of nitrogens with zero attached hydrogens (tertiary/aromatic N) is 3. The average molecular weight is 363 g/mol. The maximum atomic E-state index is 13.7. The Hall–Kier alpha value is -3.61. The van der Waals surface area contributed by atoms with E-state index < -0.39 is 5.82 Å². The highest BCUT2D eigenvalue weighted by molar-refractivity contribution is 5.76. The van der Waals surface area contributed by atoms with Crippen LogP contribution in [0.1, 0.15) is 5.82 Å². The number of pyridine rings is 2. The van der Waals surface area contributed by atoms with Gasteiger partial charge < -0.3 is 10.3 Å². The highest BCUT2D eigenvalue weighted by atomic mass is 19.1. The standard InChI is InChI=1S/C20H15F2N5/c21-14-6-3-5-13(11-14)18-19(16-8-1-2-9-23-16)27-17(26-18)12-25-20-15(22)7-4-10-24-20/h1-11H,12H2,(H,24,25)(H,26,27). The Labute approximate surface area is 154 Å². The fourth-order valence-corrected chi connectivity index (χ4v) is 2.73. The van der Waals surface area contributed by atoms with Gasteiger partial charge in [0.05, 0.1) is 23.6 Å². The van der Waals surface area contributed by atoms with E-state index in [4.69, 9.17) is 0 Å². The van der Waals surface area contributed by atoms with Crippen LogP contribution in [0.25, 0.3) is 22.6 Å². The van der Waals surface area contributed by atoms with Crippen molar-refractivity contribution >= 4 is 5.82 Å². The number of benzene rings is 1. The van der Waals surface area contributed by atoms with Crippen LogP contribution in [-0.2, 0) is 6.54 Å². The first kappa shape index (κ1) is 16.8. The van der Waals surface area contributed by atoms with Crippen LogP contribution in [0.4, 0.5) is 14.6 Å². The highest BCUT2D eigenvalue weighted by Gasteiger charge is 2.16. The number of rotatable bonds is 5. The third-order valence-electron chi connectivity index (χ3n) is 3.95. The lowest BCUT2D eigenvalue weighted by Crippen LogP contribution is -2.04. The summed E-state index contributed by atoms with van der Waals surface area (Å²) in [4.78, 5) is 16.1. The average Bonchev–Trinajstić information content (AvgIpc) is 3.12. The van der Waals surface area contributed by atoms with Gasteiger partial charge in [-0.2, -0.15) is 0 Å². The fraction of sp³-hybridized carbons (Fsp3) is 0.0500. The molecule has 2 N–H and O–H groups in total. The van der Waals surface area contributed by atoms with Gasteiger partial charge >= 0.3 is 0 Å². The van der Waals surface area contributed by atoms with Crippen molar-refractivity contribution in [2.45, 2.75) is 6.54 Å². The monoisotopic (exact) mass is 363 g/mol. The Kier molecular flexibility index (Phi) is 4.57. The summed E-state index contributed by atoms with van der Waals surface area (Å²) in [5.74, 6) is -0.0994. The molecule has 134 valence electrons. The first-order valence-corrected chi connectivity index (χ1v) is 8.31. The molecule has 0 unspecified atom stereocenters. The zero-order valence-corrected chi connectivity index (χ0v) is 14.2. The molecule has 1 aromatic carbocycles. The first-order valence-electron chi connectivity index (χ1n) is 8.31. The molecule has 3 aromatic heterocycles. The first-order chi connectivity index (χ1) is 13.2. The smallest absolute Gasteiger partial charge is 0.165 e. The van der Waals surface area contributed by atoms with E-state index in [1.807, 2.05) is 18.2 Å². The molecule has 0 atom stereocenters. The van der Waals surface area contributed by atoms with Crippen LogP contribution in [0.3, 0.4) is 0 Å². The van der Waals surface area contributed by atoms with E-state index in [1.165, 1.54) is 30.5 Å². The quantitative estimate of drug-likeness (QED) is 0.551. The largest absolute Gasteiger partial charge is 0.360 e. The van der Waals surface area contributed by atoms with Gasteiger partial charge in [0.1, 0.15) is 11.6 Å². The minimum absolute atomic E-state index is 0.139. The van der Waals surface area contributed by atoms with Crippen molar-refractivity contribution in [1.82, 2.24) is 19.9 Å². The minimum atomic E-state index is -0.445. The topological polar surface area (TPSA) is 66.5 Å². The normalized spacial score (nSPS) is 10.7. The lowest BCUT2D eigenvalue weighted by molar-refractivity contribution is 0.624. The molecular formula is C20H15F2N5. The summed E-state index contributed by atoms with van der Waals surface area (Å²) in [5.41, 5.74) is 2.55. The summed E-state index contributed by atoms with van der Waals surface area (Å²) in [7, 11) is 0. The van der Waals surface area contributed by atoms with Gasteiger partial charge in [0.25, 0.3) is 0 Å². The molecule has 0 fully saturated rings. The number of hydrogen-bond acceptors (Lipinski definition) is 4. The van der Waals surface area contributed by atoms with Gasteiger partial charge in [0.15, 0.2) is 11.6 Å². The van der Waals surface area contributed by atoms with E-state index in [1.54, 1.807) is 18.3 Å². The van der Waals surface area contributed by atoms with Crippen molar-refractivity contribution in [2.75, 3.05) is 5.32 Å². The summed E-state index contributed by atoms with van der Waals surface area (Å²) in [6.07, 6.45) is 3.18. The molecule has 0 saturated carbocycles. The van der Waals surface area contributed by atoms with Crippen LogP contribution < -0.4 is 5.32 Å². The van der Waals surface area contributed by atoms with Gasteiger partial charge in [-0.3, -0.25) is 4.98 Å². The van der Waals surface area contributed by atoms with Crippen molar-refractivity contribution in [3.8, 4) is 22.6 Å². The number of hydrogen-bond donors (Lipinski definition) is 2. The number of imidazole rings is 1. The van der Waals surface area contributed by atoms with Crippen LogP contribution in [0.2, 0.25) is 0 Å². The Balaban J connectivity index is 1.70. The van der Waals surface area contributed by atoms with Crippen LogP contribution in [-0.4, -0.2) is 19.9 Å². The molecular weight excluding hydrogens is 348 g/mol. The summed E-state index contributed by atoms with van der Waals surface area (Å²) in [6, 6.07) is 14.6. The van der Waals surface area contributed by atoms with Crippen molar-refractivity contribution < 1.29 is 8.78 Å². The Morgan fingerprint density at radius 3 is 2.59 bits per heavy atom.